The summed E-state index contributed by atoms with van der Waals surface area (Å²) in [5.74, 6) is -0.431. The SMILES string of the molecule is COc1ccc(C2C(C(=O)C=Cc3ccccc3)=C(O)C(=O)N2c2nnc(SCc3ccccc3)s2)cc1. The molecular weight excluding hydrogens is 518 g/mol. The molecule has 9 heteroatoms. The number of amides is 1. The molecule has 2 heterocycles. The third-order valence-electron chi connectivity index (χ3n) is 5.94. The molecule has 38 heavy (non-hydrogen) atoms. The second-order valence-corrected chi connectivity index (χ2v) is 10.5. The smallest absolute Gasteiger partial charge is 0.296 e. The van der Waals surface area contributed by atoms with Gasteiger partial charge in [-0.3, -0.25) is 14.5 Å². The fourth-order valence-electron chi connectivity index (χ4n) is 4.06. The fraction of sp³-hybridized carbons (Fsp3) is 0.103. The minimum Gasteiger partial charge on any atom is -0.503 e. The highest BCUT2D eigenvalue weighted by Crippen LogP contribution is 2.43. The van der Waals surface area contributed by atoms with E-state index in [4.69, 9.17) is 4.74 Å². The fourth-order valence-corrected chi connectivity index (χ4v) is 5.88. The van der Waals surface area contributed by atoms with Crippen molar-refractivity contribution in [2.24, 2.45) is 0 Å². The van der Waals surface area contributed by atoms with Crippen LogP contribution in [0.25, 0.3) is 6.08 Å². The zero-order chi connectivity index (χ0) is 26.5. The number of anilines is 1. The summed E-state index contributed by atoms with van der Waals surface area (Å²) in [6, 6.07) is 25.5. The molecule has 0 saturated carbocycles. The van der Waals surface area contributed by atoms with Gasteiger partial charge in [0.2, 0.25) is 5.13 Å². The second-order valence-electron chi connectivity index (χ2n) is 8.35. The number of allylic oxidation sites excluding steroid dienone is 1. The van der Waals surface area contributed by atoms with Crippen molar-refractivity contribution in [3.63, 3.8) is 0 Å². The van der Waals surface area contributed by atoms with Gasteiger partial charge in [0.15, 0.2) is 15.9 Å². The van der Waals surface area contributed by atoms with Crippen molar-refractivity contribution in [1.82, 2.24) is 10.2 Å². The molecule has 1 amide bonds. The van der Waals surface area contributed by atoms with Gasteiger partial charge in [-0.1, -0.05) is 102 Å². The maximum absolute atomic E-state index is 13.4. The molecule has 4 aromatic rings. The van der Waals surface area contributed by atoms with Gasteiger partial charge in [-0.15, -0.1) is 10.2 Å². The number of carbonyl (C=O) groups is 2. The van der Waals surface area contributed by atoms with E-state index in [9.17, 15) is 14.7 Å². The molecule has 0 radical (unpaired) electrons. The van der Waals surface area contributed by atoms with Crippen molar-refractivity contribution in [3.8, 4) is 5.75 Å². The summed E-state index contributed by atoms with van der Waals surface area (Å²) >= 11 is 2.75. The third-order valence-corrected chi connectivity index (χ3v) is 8.07. The zero-order valence-electron chi connectivity index (χ0n) is 20.4. The first-order valence-corrected chi connectivity index (χ1v) is 13.5. The number of ketones is 1. The number of hydrogen-bond acceptors (Lipinski definition) is 8. The largest absolute Gasteiger partial charge is 0.503 e. The van der Waals surface area contributed by atoms with Crippen molar-refractivity contribution in [3.05, 3.63) is 119 Å². The lowest BCUT2D eigenvalue weighted by atomic mass is 9.95. The predicted molar refractivity (Wildman–Crippen MR) is 149 cm³/mol. The Balaban J connectivity index is 1.47. The molecular formula is C29H23N3O4S2. The molecule has 7 nitrogen and oxygen atoms in total. The first-order valence-electron chi connectivity index (χ1n) is 11.7. The van der Waals surface area contributed by atoms with Crippen molar-refractivity contribution < 1.29 is 19.4 Å². The molecule has 0 spiro atoms. The van der Waals surface area contributed by atoms with Gasteiger partial charge >= 0.3 is 0 Å². The van der Waals surface area contributed by atoms with E-state index in [-0.39, 0.29) is 5.57 Å². The second kappa shape index (κ2) is 11.5. The van der Waals surface area contributed by atoms with Crippen LogP contribution in [0.3, 0.4) is 0 Å². The maximum atomic E-state index is 13.4. The average molecular weight is 542 g/mol. The van der Waals surface area contributed by atoms with E-state index < -0.39 is 23.5 Å². The Morgan fingerprint density at radius 2 is 1.71 bits per heavy atom. The number of aliphatic hydroxyl groups excluding tert-OH is 1. The van der Waals surface area contributed by atoms with Crippen LogP contribution in [0, 0.1) is 0 Å². The number of methoxy groups -OCH3 is 1. The van der Waals surface area contributed by atoms with E-state index >= 15 is 0 Å². The summed E-state index contributed by atoms with van der Waals surface area (Å²) in [6.07, 6.45) is 3.03. The highest BCUT2D eigenvalue weighted by molar-refractivity contribution is 8.00. The standard InChI is InChI=1S/C29H23N3O4S2/c1-36-22-15-13-21(14-16-22)25-24(23(33)17-12-19-8-4-2-5-9-19)26(34)27(35)32(25)28-30-31-29(38-28)37-18-20-10-6-3-7-11-20/h2-17,25,34H,18H2,1H3. The van der Waals surface area contributed by atoms with Crippen molar-refractivity contribution in [2.45, 2.75) is 16.1 Å². The molecule has 1 aliphatic heterocycles. The van der Waals surface area contributed by atoms with Gasteiger partial charge in [-0.25, -0.2) is 0 Å². The first kappa shape index (κ1) is 25.4. The highest BCUT2D eigenvalue weighted by Gasteiger charge is 2.45. The minimum absolute atomic E-state index is 0.0129. The van der Waals surface area contributed by atoms with Crippen LogP contribution in [-0.2, 0) is 15.3 Å². The van der Waals surface area contributed by atoms with Crippen molar-refractivity contribution in [2.75, 3.05) is 12.0 Å². The first-order chi connectivity index (χ1) is 18.5. The molecule has 1 N–H and O–H groups in total. The maximum Gasteiger partial charge on any atom is 0.296 e. The Morgan fingerprint density at radius 3 is 2.39 bits per heavy atom. The van der Waals surface area contributed by atoms with Gasteiger partial charge in [-0.05, 0) is 34.9 Å². The molecule has 190 valence electrons. The van der Waals surface area contributed by atoms with Crippen LogP contribution in [0.5, 0.6) is 5.75 Å². The van der Waals surface area contributed by atoms with Crippen LogP contribution in [0.2, 0.25) is 0 Å². The van der Waals surface area contributed by atoms with Gasteiger partial charge in [0.25, 0.3) is 5.91 Å². The van der Waals surface area contributed by atoms with E-state index in [1.54, 1.807) is 37.5 Å². The third kappa shape index (κ3) is 5.39. The van der Waals surface area contributed by atoms with Gasteiger partial charge in [-0.2, -0.15) is 0 Å². The van der Waals surface area contributed by atoms with E-state index in [0.29, 0.717) is 26.5 Å². The molecule has 0 aliphatic carbocycles. The molecule has 0 saturated heterocycles. The summed E-state index contributed by atoms with van der Waals surface area (Å²) < 4.78 is 5.95. The normalized spacial score (nSPS) is 15.4. The van der Waals surface area contributed by atoms with Gasteiger partial charge < -0.3 is 9.84 Å². The summed E-state index contributed by atoms with van der Waals surface area (Å²) in [7, 11) is 1.56. The van der Waals surface area contributed by atoms with Crippen LogP contribution in [-0.4, -0.2) is 34.1 Å². The van der Waals surface area contributed by atoms with Crippen LogP contribution in [0.4, 0.5) is 5.13 Å². The molecule has 0 bridgehead atoms. The number of hydrogen-bond donors (Lipinski definition) is 1. The monoisotopic (exact) mass is 541 g/mol. The molecule has 1 atom stereocenters. The number of ether oxygens (including phenoxy) is 1. The van der Waals surface area contributed by atoms with E-state index in [0.717, 1.165) is 11.1 Å². The molecule has 1 aliphatic rings. The summed E-state index contributed by atoms with van der Waals surface area (Å²) in [4.78, 5) is 28.1. The number of aromatic nitrogens is 2. The van der Waals surface area contributed by atoms with Crippen molar-refractivity contribution >= 4 is 46.0 Å². The Bertz CT molecular complexity index is 1500. The Hall–Kier alpha value is -4.21. The van der Waals surface area contributed by atoms with Crippen LogP contribution >= 0.6 is 23.1 Å². The van der Waals surface area contributed by atoms with Gasteiger partial charge in [0, 0.05) is 5.75 Å². The van der Waals surface area contributed by atoms with Crippen LogP contribution < -0.4 is 9.64 Å². The average Bonchev–Trinajstić information content (AvgIpc) is 3.53. The summed E-state index contributed by atoms with van der Waals surface area (Å²) in [6.45, 7) is 0. The molecule has 1 unspecified atom stereocenters. The van der Waals surface area contributed by atoms with Gasteiger partial charge in [0.05, 0.1) is 18.7 Å². The lowest BCUT2D eigenvalue weighted by Gasteiger charge is -2.23. The summed E-state index contributed by atoms with van der Waals surface area (Å²) in [5.41, 5.74) is 2.58. The number of rotatable bonds is 9. The Morgan fingerprint density at radius 1 is 1.03 bits per heavy atom. The topological polar surface area (TPSA) is 92.6 Å². The number of nitrogens with zero attached hydrogens (tertiary/aromatic N) is 3. The Kier molecular flexibility index (Phi) is 7.67. The van der Waals surface area contributed by atoms with Crippen LogP contribution in [0.15, 0.2) is 107 Å². The minimum atomic E-state index is -0.874. The molecule has 3 aromatic carbocycles. The Labute approximate surface area is 228 Å². The van der Waals surface area contributed by atoms with E-state index in [1.807, 2.05) is 60.7 Å². The van der Waals surface area contributed by atoms with Crippen molar-refractivity contribution in [1.29, 1.82) is 0 Å². The summed E-state index contributed by atoms with van der Waals surface area (Å²) in [5, 5.41) is 19.7. The van der Waals surface area contributed by atoms with E-state index in [2.05, 4.69) is 10.2 Å². The molecule has 1 aromatic heterocycles. The molecule has 5 rings (SSSR count). The van der Waals surface area contributed by atoms with Gasteiger partial charge in [0.1, 0.15) is 5.75 Å². The van der Waals surface area contributed by atoms with Crippen LogP contribution in [0.1, 0.15) is 22.7 Å². The number of carbonyl (C=O) groups excluding carboxylic acids is 2. The lowest BCUT2D eigenvalue weighted by Crippen LogP contribution is -2.30. The number of thioether (sulfide) groups is 1. The highest BCUT2D eigenvalue weighted by atomic mass is 32.2. The zero-order valence-corrected chi connectivity index (χ0v) is 22.0. The predicted octanol–water partition coefficient (Wildman–Crippen LogP) is 6.02. The van der Waals surface area contributed by atoms with E-state index in [1.165, 1.54) is 34.1 Å². The molecule has 0 fully saturated rings. The number of aliphatic hydroxyl groups is 1. The lowest BCUT2D eigenvalue weighted by molar-refractivity contribution is -0.117. The number of benzene rings is 3. The quantitative estimate of drug-likeness (QED) is 0.157.